The van der Waals surface area contributed by atoms with Crippen molar-refractivity contribution in [1.29, 1.82) is 0 Å². The molecule has 0 unspecified atom stereocenters. The second kappa shape index (κ2) is 6.32. The van der Waals surface area contributed by atoms with Gasteiger partial charge in [-0.1, -0.05) is 41.9 Å². The standard InChI is InChI=1S/C22H15ClN2O4/c1-11-24-20-18(21(26)25(11)2)16(12-7-3-5-9-14(12)23)17-19(29-20)13-8-4-6-10-15(13)28-22(17)27/h3-10,16H,1-2H3/t16-/m1/s1. The van der Waals surface area contributed by atoms with E-state index >= 15 is 0 Å². The van der Waals surface area contributed by atoms with Crippen LogP contribution in [0.25, 0.3) is 11.0 Å². The van der Waals surface area contributed by atoms with Crippen LogP contribution in [0.1, 0.15) is 28.4 Å². The smallest absolute Gasteiger partial charge is 0.344 e. The number of benzene rings is 2. The van der Waals surface area contributed by atoms with Crippen LogP contribution in [0.2, 0.25) is 5.02 Å². The van der Waals surface area contributed by atoms with Gasteiger partial charge in [0.1, 0.15) is 11.4 Å². The highest BCUT2D eigenvalue weighted by Gasteiger charge is 2.38. The topological polar surface area (TPSA) is 74.3 Å². The Morgan fingerprint density at radius 3 is 2.55 bits per heavy atom. The van der Waals surface area contributed by atoms with E-state index < -0.39 is 11.5 Å². The highest BCUT2D eigenvalue weighted by atomic mass is 35.5. The first-order valence-corrected chi connectivity index (χ1v) is 9.40. The zero-order valence-corrected chi connectivity index (χ0v) is 16.4. The Kier molecular flexibility index (Phi) is 3.86. The van der Waals surface area contributed by atoms with Crippen molar-refractivity contribution in [2.24, 2.45) is 7.05 Å². The molecule has 0 aliphatic carbocycles. The third kappa shape index (κ3) is 2.53. The van der Waals surface area contributed by atoms with Crippen molar-refractivity contribution in [3.05, 3.63) is 96.8 Å². The van der Waals surface area contributed by atoms with E-state index in [2.05, 4.69) is 4.98 Å². The van der Waals surface area contributed by atoms with E-state index in [-0.39, 0.29) is 22.6 Å². The molecular weight excluding hydrogens is 392 g/mol. The largest absolute Gasteiger partial charge is 0.437 e. The van der Waals surface area contributed by atoms with Crippen LogP contribution in [0.3, 0.4) is 0 Å². The number of aromatic nitrogens is 2. The molecule has 6 nitrogen and oxygen atoms in total. The number of para-hydroxylation sites is 1. The van der Waals surface area contributed by atoms with Gasteiger partial charge in [-0.05, 0) is 30.7 Å². The van der Waals surface area contributed by atoms with E-state index in [4.69, 9.17) is 20.8 Å². The molecule has 5 rings (SSSR count). The molecule has 0 bridgehead atoms. The van der Waals surface area contributed by atoms with Crippen LogP contribution in [-0.4, -0.2) is 9.55 Å². The summed E-state index contributed by atoms with van der Waals surface area (Å²) in [6.45, 7) is 1.72. The number of aryl methyl sites for hydroxylation is 1. The van der Waals surface area contributed by atoms with Crippen LogP contribution in [0.4, 0.5) is 0 Å². The number of halogens is 1. The fourth-order valence-electron chi connectivity index (χ4n) is 3.78. The van der Waals surface area contributed by atoms with E-state index in [0.717, 1.165) is 0 Å². The lowest BCUT2D eigenvalue weighted by atomic mass is 9.84. The molecule has 2 aromatic carbocycles. The molecule has 0 amide bonds. The maximum atomic E-state index is 13.2. The first-order chi connectivity index (χ1) is 14.0. The van der Waals surface area contributed by atoms with Crippen LogP contribution >= 0.6 is 11.6 Å². The van der Waals surface area contributed by atoms with E-state index in [9.17, 15) is 9.59 Å². The summed E-state index contributed by atoms with van der Waals surface area (Å²) in [5, 5.41) is 1.07. The molecule has 144 valence electrons. The third-order valence-corrected chi connectivity index (χ3v) is 5.65. The number of hydrogen-bond acceptors (Lipinski definition) is 5. The van der Waals surface area contributed by atoms with Crippen molar-refractivity contribution >= 4 is 22.6 Å². The molecular formula is C22H15ClN2O4. The Balaban J connectivity index is 1.96. The molecule has 0 saturated heterocycles. The van der Waals surface area contributed by atoms with Gasteiger partial charge >= 0.3 is 5.63 Å². The summed E-state index contributed by atoms with van der Waals surface area (Å²) in [6.07, 6.45) is 0. The second-order valence-electron chi connectivity index (χ2n) is 6.93. The van der Waals surface area contributed by atoms with Gasteiger partial charge in [0.05, 0.1) is 22.4 Å². The maximum absolute atomic E-state index is 13.2. The Hall–Kier alpha value is -3.38. The van der Waals surface area contributed by atoms with Crippen LogP contribution in [0.15, 0.2) is 62.5 Å². The van der Waals surface area contributed by atoms with Crippen molar-refractivity contribution < 1.29 is 9.15 Å². The summed E-state index contributed by atoms with van der Waals surface area (Å²) in [6, 6.07) is 14.2. The van der Waals surface area contributed by atoms with Gasteiger partial charge in [-0.2, -0.15) is 4.98 Å². The number of rotatable bonds is 1. The van der Waals surface area contributed by atoms with Crippen molar-refractivity contribution in [3.8, 4) is 11.6 Å². The van der Waals surface area contributed by atoms with Gasteiger partial charge in [0.2, 0.25) is 5.88 Å². The first-order valence-electron chi connectivity index (χ1n) is 9.03. The average molecular weight is 407 g/mol. The normalized spacial score (nSPS) is 14.9. The second-order valence-corrected chi connectivity index (χ2v) is 7.33. The molecule has 4 aromatic rings. The maximum Gasteiger partial charge on any atom is 0.344 e. The monoisotopic (exact) mass is 406 g/mol. The SMILES string of the molecule is Cc1nc2c(c(=O)n1C)[C@H](c1ccccc1Cl)c1c(c3ccccc3oc1=O)O2. The first kappa shape index (κ1) is 17.7. The zero-order chi connectivity index (χ0) is 20.3. The van der Waals surface area contributed by atoms with Crippen molar-refractivity contribution in [2.75, 3.05) is 0 Å². The van der Waals surface area contributed by atoms with E-state index in [0.29, 0.717) is 33.1 Å². The number of ether oxygens (including phenoxy) is 1. The molecule has 0 radical (unpaired) electrons. The third-order valence-electron chi connectivity index (χ3n) is 5.31. The van der Waals surface area contributed by atoms with Crippen LogP contribution in [0, 0.1) is 6.92 Å². The quantitative estimate of drug-likeness (QED) is 0.391. The average Bonchev–Trinajstić information content (AvgIpc) is 2.71. The minimum absolute atomic E-state index is 0.179. The molecule has 1 aliphatic rings. The minimum atomic E-state index is -0.755. The number of fused-ring (bicyclic) bond motifs is 4. The van der Waals surface area contributed by atoms with Gasteiger partial charge in [-0.25, -0.2) is 4.79 Å². The Bertz CT molecular complexity index is 1420. The van der Waals surface area contributed by atoms with Gasteiger partial charge < -0.3 is 9.15 Å². The van der Waals surface area contributed by atoms with Gasteiger partial charge in [0, 0.05) is 12.1 Å². The summed E-state index contributed by atoms with van der Waals surface area (Å²) in [4.78, 5) is 30.7. The Labute approximate surface area is 170 Å². The highest BCUT2D eigenvalue weighted by molar-refractivity contribution is 6.31. The van der Waals surface area contributed by atoms with E-state index in [1.807, 2.05) is 12.1 Å². The highest BCUT2D eigenvalue weighted by Crippen LogP contribution is 2.47. The predicted molar refractivity (Wildman–Crippen MR) is 109 cm³/mol. The zero-order valence-electron chi connectivity index (χ0n) is 15.6. The Morgan fingerprint density at radius 2 is 1.76 bits per heavy atom. The fraction of sp³-hybridized carbons (Fsp3) is 0.136. The number of hydrogen-bond donors (Lipinski definition) is 0. The molecule has 2 aromatic heterocycles. The molecule has 0 spiro atoms. The lowest BCUT2D eigenvalue weighted by molar-refractivity contribution is 0.415. The lowest BCUT2D eigenvalue weighted by Gasteiger charge is -2.28. The molecule has 0 saturated carbocycles. The van der Waals surface area contributed by atoms with E-state index in [1.54, 1.807) is 50.4 Å². The van der Waals surface area contributed by atoms with Crippen molar-refractivity contribution in [3.63, 3.8) is 0 Å². The van der Waals surface area contributed by atoms with Crippen LogP contribution < -0.4 is 15.9 Å². The van der Waals surface area contributed by atoms with Crippen molar-refractivity contribution in [2.45, 2.75) is 12.8 Å². The van der Waals surface area contributed by atoms with Crippen LogP contribution in [-0.2, 0) is 7.05 Å². The van der Waals surface area contributed by atoms with Crippen molar-refractivity contribution in [1.82, 2.24) is 9.55 Å². The van der Waals surface area contributed by atoms with Gasteiger partial charge in [-0.3, -0.25) is 9.36 Å². The summed E-state index contributed by atoms with van der Waals surface area (Å²) in [5.41, 5.74) is 0.657. The summed E-state index contributed by atoms with van der Waals surface area (Å²) in [7, 11) is 1.63. The fourth-order valence-corrected chi connectivity index (χ4v) is 4.03. The minimum Gasteiger partial charge on any atom is -0.437 e. The molecule has 0 fully saturated rings. The summed E-state index contributed by atoms with van der Waals surface area (Å²) in [5.74, 6) is 0.269. The molecule has 29 heavy (non-hydrogen) atoms. The van der Waals surface area contributed by atoms with Gasteiger partial charge in [-0.15, -0.1) is 0 Å². The van der Waals surface area contributed by atoms with Gasteiger partial charge in [0.25, 0.3) is 5.56 Å². The molecule has 7 heteroatoms. The Morgan fingerprint density at radius 1 is 1.03 bits per heavy atom. The predicted octanol–water partition coefficient (Wildman–Crippen LogP) is 4.13. The summed E-state index contributed by atoms with van der Waals surface area (Å²) < 4.78 is 13.0. The molecule has 0 N–H and O–H groups in total. The number of nitrogens with zero attached hydrogens (tertiary/aromatic N) is 2. The van der Waals surface area contributed by atoms with Crippen LogP contribution in [0.5, 0.6) is 11.6 Å². The van der Waals surface area contributed by atoms with E-state index in [1.165, 1.54) is 4.57 Å². The van der Waals surface area contributed by atoms with Gasteiger partial charge in [0.15, 0.2) is 5.75 Å². The molecule has 1 atom stereocenters. The lowest BCUT2D eigenvalue weighted by Crippen LogP contribution is -2.32. The summed E-state index contributed by atoms with van der Waals surface area (Å²) >= 11 is 6.48. The molecule has 1 aliphatic heterocycles. The molecule has 3 heterocycles.